The van der Waals surface area contributed by atoms with Crippen LogP contribution >= 0.6 is 11.6 Å². The fraction of sp³-hybridized carbons (Fsp3) is 0.778. The van der Waals surface area contributed by atoms with Gasteiger partial charge in [0, 0.05) is 13.1 Å². The third-order valence-corrected chi connectivity index (χ3v) is 3.25. The summed E-state index contributed by atoms with van der Waals surface area (Å²) in [5, 5.41) is 9.49. The second kappa shape index (κ2) is 5.32. The highest BCUT2D eigenvalue weighted by Crippen LogP contribution is 2.31. The zero-order chi connectivity index (χ0) is 14.0. The first-order valence-electron chi connectivity index (χ1n) is 5.62. The van der Waals surface area contributed by atoms with Gasteiger partial charge in [0.2, 0.25) is 5.91 Å². The molecule has 2 rings (SSSR count). The number of carbonyl (C=O) groups excluding carboxylic acids is 1. The van der Waals surface area contributed by atoms with Gasteiger partial charge in [-0.15, -0.1) is 16.7 Å². The van der Waals surface area contributed by atoms with Crippen molar-refractivity contribution < 1.29 is 18.0 Å². The number of hydrogen-bond acceptors (Lipinski definition) is 4. The van der Waals surface area contributed by atoms with Crippen LogP contribution in [0.15, 0.2) is 0 Å². The van der Waals surface area contributed by atoms with E-state index in [1.807, 2.05) is 0 Å². The van der Waals surface area contributed by atoms with Crippen molar-refractivity contribution in [3.8, 4) is 0 Å². The summed E-state index contributed by atoms with van der Waals surface area (Å²) < 4.78 is 38.7. The van der Waals surface area contributed by atoms with Crippen LogP contribution in [0.4, 0.5) is 13.2 Å². The molecule has 0 aliphatic carbocycles. The minimum atomic E-state index is -4.58. The molecule has 0 N–H and O–H groups in total. The predicted octanol–water partition coefficient (Wildman–Crippen LogP) is 1.09. The third-order valence-electron chi connectivity index (χ3n) is 3.02. The van der Waals surface area contributed by atoms with Gasteiger partial charge in [-0.3, -0.25) is 4.79 Å². The summed E-state index contributed by atoms with van der Waals surface area (Å²) >= 11 is 5.43. The molecule has 1 fully saturated rings. The molecule has 0 spiro atoms. The number of hydrogen-bond donors (Lipinski definition) is 0. The number of amides is 1. The number of aromatic nitrogens is 4. The fourth-order valence-electron chi connectivity index (χ4n) is 2.07. The molecule has 0 bridgehead atoms. The van der Waals surface area contributed by atoms with Gasteiger partial charge in [-0.25, -0.2) is 4.68 Å². The average Bonchev–Trinajstić information content (AvgIpc) is 2.87. The van der Waals surface area contributed by atoms with E-state index in [-0.39, 0.29) is 11.8 Å². The maximum absolute atomic E-state index is 12.7. The number of nitrogens with zero attached hydrogens (tertiary/aromatic N) is 5. The highest BCUT2D eigenvalue weighted by atomic mass is 35.5. The molecule has 106 valence electrons. The predicted molar refractivity (Wildman–Crippen MR) is 58.4 cm³/mol. The molecule has 0 unspecified atom stereocenters. The Morgan fingerprint density at radius 1 is 1.37 bits per heavy atom. The minimum absolute atomic E-state index is 0.122. The zero-order valence-electron chi connectivity index (χ0n) is 9.77. The van der Waals surface area contributed by atoms with E-state index in [1.54, 1.807) is 0 Å². The Morgan fingerprint density at radius 2 is 2.00 bits per heavy atom. The first kappa shape index (κ1) is 14.0. The van der Waals surface area contributed by atoms with Crippen LogP contribution in [-0.4, -0.2) is 50.0 Å². The normalized spacial score (nSPS) is 17.8. The van der Waals surface area contributed by atoms with Crippen molar-refractivity contribution >= 4 is 17.5 Å². The molecular formula is C9H11ClF3N5O. The number of halogens is 4. The largest absolute Gasteiger partial charge is 0.453 e. The van der Waals surface area contributed by atoms with Crippen LogP contribution in [0.25, 0.3) is 0 Å². The smallest absolute Gasteiger partial charge is 0.342 e. The van der Waals surface area contributed by atoms with Crippen LogP contribution in [0.1, 0.15) is 24.7 Å². The Morgan fingerprint density at radius 3 is 2.53 bits per heavy atom. The van der Waals surface area contributed by atoms with E-state index in [0.717, 1.165) is 4.68 Å². The number of likely N-dealkylation sites (tertiary alicyclic amines) is 1. The topological polar surface area (TPSA) is 63.9 Å². The van der Waals surface area contributed by atoms with Gasteiger partial charge in [-0.1, -0.05) is 0 Å². The molecule has 2 heterocycles. The maximum Gasteiger partial charge on any atom is 0.453 e. The van der Waals surface area contributed by atoms with Gasteiger partial charge < -0.3 is 4.90 Å². The van der Waals surface area contributed by atoms with E-state index in [9.17, 15) is 18.0 Å². The monoisotopic (exact) mass is 297 g/mol. The minimum Gasteiger partial charge on any atom is -0.342 e. The molecule has 6 nitrogen and oxygen atoms in total. The second-order valence-corrected chi connectivity index (χ2v) is 4.46. The van der Waals surface area contributed by atoms with Gasteiger partial charge in [0.05, 0.1) is 6.04 Å². The van der Waals surface area contributed by atoms with Crippen molar-refractivity contribution in [2.75, 3.05) is 19.0 Å². The van der Waals surface area contributed by atoms with Crippen molar-refractivity contribution in [3.63, 3.8) is 0 Å². The molecule has 1 aromatic heterocycles. The van der Waals surface area contributed by atoms with E-state index in [0.29, 0.717) is 25.9 Å². The van der Waals surface area contributed by atoms with Gasteiger partial charge in [-0.05, 0) is 23.3 Å². The van der Waals surface area contributed by atoms with E-state index >= 15 is 0 Å². The van der Waals surface area contributed by atoms with Crippen LogP contribution in [-0.2, 0) is 11.0 Å². The maximum atomic E-state index is 12.7. The Labute approximate surface area is 111 Å². The molecule has 1 amide bonds. The summed E-state index contributed by atoms with van der Waals surface area (Å²) in [6.07, 6.45) is -3.83. The highest BCUT2D eigenvalue weighted by Gasteiger charge is 2.40. The summed E-state index contributed by atoms with van der Waals surface area (Å²) in [5.41, 5.74) is 0. The molecule has 0 atom stereocenters. The first-order chi connectivity index (χ1) is 8.93. The number of piperidine rings is 1. The van der Waals surface area contributed by atoms with Crippen LogP contribution < -0.4 is 0 Å². The lowest BCUT2D eigenvalue weighted by molar-refractivity contribution is -0.149. The number of alkyl halides is 4. The van der Waals surface area contributed by atoms with Gasteiger partial charge in [0.1, 0.15) is 5.88 Å². The lowest BCUT2D eigenvalue weighted by Crippen LogP contribution is -2.40. The zero-order valence-corrected chi connectivity index (χ0v) is 10.5. The number of rotatable bonds is 2. The van der Waals surface area contributed by atoms with Gasteiger partial charge in [0.25, 0.3) is 5.82 Å². The Hall–Kier alpha value is -1.38. The van der Waals surface area contributed by atoms with Gasteiger partial charge in [0.15, 0.2) is 0 Å². The van der Waals surface area contributed by atoms with Gasteiger partial charge in [-0.2, -0.15) is 13.2 Å². The lowest BCUT2D eigenvalue weighted by Gasteiger charge is -2.31. The standard InChI is InChI=1S/C9H11ClF3N5O/c10-5-7(19)17-3-1-6(2-4-17)18-8(9(11,12)13)14-15-16-18/h6H,1-5H2. The van der Waals surface area contributed by atoms with E-state index in [4.69, 9.17) is 11.6 Å². The van der Waals surface area contributed by atoms with Gasteiger partial charge >= 0.3 is 6.18 Å². The number of tetrazole rings is 1. The van der Waals surface area contributed by atoms with Crippen LogP contribution in [0.2, 0.25) is 0 Å². The SMILES string of the molecule is O=C(CCl)N1CCC(n2nnnc2C(F)(F)F)CC1. The van der Waals surface area contributed by atoms with Crippen LogP contribution in [0.3, 0.4) is 0 Å². The quantitative estimate of drug-likeness (QED) is 0.767. The molecule has 1 saturated heterocycles. The van der Waals surface area contributed by atoms with Crippen molar-refractivity contribution in [3.05, 3.63) is 5.82 Å². The van der Waals surface area contributed by atoms with E-state index in [2.05, 4.69) is 15.5 Å². The molecule has 1 aliphatic heterocycles. The molecule has 0 saturated carbocycles. The Bertz CT molecular complexity index is 455. The molecular weight excluding hydrogens is 287 g/mol. The molecule has 1 aromatic rings. The average molecular weight is 298 g/mol. The molecule has 0 aromatic carbocycles. The Balaban J connectivity index is 2.06. The third kappa shape index (κ3) is 2.96. The van der Waals surface area contributed by atoms with Crippen molar-refractivity contribution in [1.82, 2.24) is 25.1 Å². The van der Waals surface area contributed by atoms with E-state index < -0.39 is 18.0 Å². The Kier molecular flexibility index (Phi) is 3.93. The van der Waals surface area contributed by atoms with E-state index in [1.165, 1.54) is 4.90 Å². The van der Waals surface area contributed by atoms with Crippen molar-refractivity contribution in [2.24, 2.45) is 0 Å². The van der Waals surface area contributed by atoms with Crippen molar-refractivity contribution in [1.29, 1.82) is 0 Å². The molecule has 0 radical (unpaired) electrons. The molecule has 10 heteroatoms. The fourth-order valence-corrected chi connectivity index (χ4v) is 2.24. The summed E-state index contributed by atoms with van der Waals surface area (Å²) in [6, 6.07) is -0.453. The molecule has 1 aliphatic rings. The highest BCUT2D eigenvalue weighted by molar-refractivity contribution is 6.27. The van der Waals surface area contributed by atoms with Crippen LogP contribution in [0, 0.1) is 0 Å². The molecule has 19 heavy (non-hydrogen) atoms. The summed E-state index contributed by atoms with van der Waals surface area (Å²) in [6.45, 7) is 0.709. The second-order valence-electron chi connectivity index (χ2n) is 4.19. The lowest BCUT2D eigenvalue weighted by atomic mass is 10.1. The van der Waals surface area contributed by atoms with Crippen molar-refractivity contribution in [2.45, 2.75) is 25.1 Å². The number of carbonyl (C=O) groups is 1. The van der Waals surface area contributed by atoms with Crippen LogP contribution in [0.5, 0.6) is 0 Å². The first-order valence-corrected chi connectivity index (χ1v) is 6.15. The summed E-state index contributed by atoms with van der Waals surface area (Å²) in [7, 11) is 0. The summed E-state index contributed by atoms with van der Waals surface area (Å²) in [4.78, 5) is 12.9. The summed E-state index contributed by atoms with van der Waals surface area (Å²) in [5.74, 6) is -1.44.